The van der Waals surface area contributed by atoms with Gasteiger partial charge in [0.2, 0.25) is 0 Å². The summed E-state index contributed by atoms with van der Waals surface area (Å²) in [5.74, 6) is 0.524. The molecule has 0 aromatic heterocycles. The number of ether oxygens (including phenoxy) is 1. The fourth-order valence-corrected chi connectivity index (χ4v) is 1.10. The maximum Gasteiger partial charge on any atom is 0.0806 e. The predicted octanol–water partition coefficient (Wildman–Crippen LogP) is 0.792. The Morgan fingerprint density at radius 2 is 2.11 bits per heavy atom. The van der Waals surface area contributed by atoms with Gasteiger partial charge in [0.1, 0.15) is 0 Å². The molecule has 9 heavy (non-hydrogen) atoms. The fourth-order valence-electron chi connectivity index (χ4n) is 1.10. The van der Waals surface area contributed by atoms with Crippen molar-refractivity contribution >= 4 is 0 Å². The molecule has 0 aromatic carbocycles. The van der Waals surface area contributed by atoms with Crippen LogP contribution >= 0.6 is 0 Å². The summed E-state index contributed by atoms with van der Waals surface area (Å²) in [5.41, 5.74) is 0. The molecule has 2 heteroatoms. The second-order valence-electron chi connectivity index (χ2n) is 2.95. The van der Waals surface area contributed by atoms with Gasteiger partial charge in [-0.25, -0.2) is 0 Å². The molecule has 1 fully saturated rings. The molecular formula is C7H14O2. The van der Waals surface area contributed by atoms with Gasteiger partial charge in [0.25, 0.3) is 0 Å². The fraction of sp³-hybridized carbons (Fsp3) is 1.00. The van der Waals surface area contributed by atoms with Crippen molar-refractivity contribution in [3.8, 4) is 0 Å². The molecule has 1 aliphatic heterocycles. The van der Waals surface area contributed by atoms with Crippen LogP contribution in [-0.2, 0) is 4.74 Å². The van der Waals surface area contributed by atoms with Gasteiger partial charge >= 0.3 is 0 Å². The molecule has 3 atom stereocenters. The number of hydrogen-bond acceptors (Lipinski definition) is 2. The van der Waals surface area contributed by atoms with E-state index in [9.17, 15) is 5.11 Å². The summed E-state index contributed by atoms with van der Waals surface area (Å²) < 4.78 is 5.25. The highest BCUT2D eigenvalue weighted by Crippen LogP contribution is 2.17. The Bertz CT molecular complexity index is 92.9. The summed E-state index contributed by atoms with van der Waals surface area (Å²) in [6.07, 6.45) is 0.691. The van der Waals surface area contributed by atoms with Gasteiger partial charge in [0, 0.05) is 6.61 Å². The van der Waals surface area contributed by atoms with Gasteiger partial charge < -0.3 is 9.84 Å². The van der Waals surface area contributed by atoms with Crippen LogP contribution in [0, 0.1) is 5.92 Å². The molecule has 0 amide bonds. The van der Waals surface area contributed by atoms with Gasteiger partial charge in [0.05, 0.1) is 12.2 Å². The van der Waals surface area contributed by atoms with E-state index in [1.54, 1.807) is 0 Å². The maximum absolute atomic E-state index is 9.22. The van der Waals surface area contributed by atoms with Gasteiger partial charge in [-0.1, -0.05) is 6.92 Å². The Morgan fingerprint density at radius 1 is 1.44 bits per heavy atom. The zero-order chi connectivity index (χ0) is 6.85. The summed E-state index contributed by atoms with van der Waals surface area (Å²) in [4.78, 5) is 0. The smallest absolute Gasteiger partial charge is 0.0806 e. The first-order chi connectivity index (χ1) is 4.20. The second-order valence-corrected chi connectivity index (χ2v) is 2.95. The molecule has 2 nitrogen and oxygen atoms in total. The summed E-state index contributed by atoms with van der Waals surface area (Å²) in [5, 5.41) is 9.22. The van der Waals surface area contributed by atoms with Crippen molar-refractivity contribution in [2.45, 2.75) is 32.5 Å². The third-order valence-electron chi connectivity index (χ3n) is 1.83. The monoisotopic (exact) mass is 130 g/mol. The molecular weight excluding hydrogens is 116 g/mol. The van der Waals surface area contributed by atoms with E-state index in [0.717, 1.165) is 13.0 Å². The lowest BCUT2D eigenvalue weighted by atomic mass is 9.98. The van der Waals surface area contributed by atoms with Crippen LogP contribution < -0.4 is 0 Å². The van der Waals surface area contributed by atoms with Gasteiger partial charge in [-0.2, -0.15) is 0 Å². The van der Waals surface area contributed by atoms with Crippen LogP contribution in [0.25, 0.3) is 0 Å². The Hall–Kier alpha value is -0.0800. The van der Waals surface area contributed by atoms with Crippen molar-refractivity contribution in [3.05, 3.63) is 0 Å². The van der Waals surface area contributed by atoms with Crippen molar-refractivity contribution in [1.82, 2.24) is 0 Å². The third kappa shape index (κ3) is 1.66. The van der Waals surface area contributed by atoms with E-state index >= 15 is 0 Å². The van der Waals surface area contributed by atoms with Gasteiger partial charge in [0.15, 0.2) is 0 Å². The number of hydrogen-bond donors (Lipinski definition) is 1. The van der Waals surface area contributed by atoms with Crippen LogP contribution in [0.5, 0.6) is 0 Å². The van der Waals surface area contributed by atoms with Crippen molar-refractivity contribution in [1.29, 1.82) is 0 Å². The molecule has 0 saturated carbocycles. The van der Waals surface area contributed by atoms with Crippen LogP contribution in [0.4, 0.5) is 0 Å². The van der Waals surface area contributed by atoms with Gasteiger partial charge in [-0.15, -0.1) is 0 Å². The third-order valence-corrected chi connectivity index (χ3v) is 1.83. The van der Waals surface area contributed by atoms with Crippen LogP contribution in [0.2, 0.25) is 0 Å². The number of rotatable bonds is 0. The van der Waals surface area contributed by atoms with E-state index in [1.807, 2.05) is 6.92 Å². The minimum atomic E-state index is -0.242. The van der Waals surface area contributed by atoms with Gasteiger partial charge in [-0.05, 0) is 19.3 Å². The Morgan fingerprint density at radius 3 is 2.56 bits per heavy atom. The summed E-state index contributed by atoms with van der Waals surface area (Å²) in [6.45, 7) is 4.81. The molecule has 0 bridgehead atoms. The molecule has 1 aliphatic rings. The largest absolute Gasteiger partial charge is 0.390 e. The van der Waals surface area contributed by atoms with Crippen LogP contribution in [0.1, 0.15) is 20.3 Å². The molecule has 1 unspecified atom stereocenters. The highest BCUT2D eigenvalue weighted by atomic mass is 16.5. The lowest BCUT2D eigenvalue weighted by molar-refractivity contribution is -0.0851. The van der Waals surface area contributed by atoms with E-state index in [-0.39, 0.29) is 12.2 Å². The quantitative estimate of drug-likeness (QED) is 0.525. The van der Waals surface area contributed by atoms with Crippen molar-refractivity contribution in [2.75, 3.05) is 6.61 Å². The lowest BCUT2D eigenvalue weighted by Gasteiger charge is -2.28. The average Bonchev–Trinajstić information content (AvgIpc) is 1.80. The molecule has 1 rings (SSSR count). The number of aliphatic hydroxyl groups excluding tert-OH is 1. The van der Waals surface area contributed by atoms with E-state index in [2.05, 4.69) is 6.92 Å². The Labute approximate surface area is 55.8 Å². The minimum Gasteiger partial charge on any atom is -0.390 e. The zero-order valence-electron chi connectivity index (χ0n) is 6.00. The van der Waals surface area contributed by atoms with Crippen molar-refractivity contribution in [3.63, 3.8) is 0 Å². The first-order valence-corrected chi connectivity index (χ1v) is 3.50. The molecule has 1 heterocycles. The molecule has 0 aromatic rings. The minimum absolute atomic E-state index is 0.0428. The lowest BCUT2D eigenvalue weighted by Crippen LogP contribution is -2.35. The molecule has 0 radical (unpaired) electrons. The molecule has 0 aliphatic carbocycles. The first-order valence-electron chi connectivity index (χ1n) is 3.50. The van der Waals surface area contributed by atoms with E-state index < -0.39 is 0 Å². The normalized spacial score (nSPS) is 45.0. The average molecular weight is 130 g/mol. The van der Waals surface area contributed by atoms with Crippen LogP contribution in [0.15, 0.2) is 0 Å². The summed E-state index contributed by atoms with van der Waals surface area (Å²) >= 11 is 0. The highest BCUT2D eigenvalue weighted by Gasteiger charge is 2.23. The van der Waals surface area contributed by atoms with E-state index in [1.165, 1.54) is 0 Å². The molecule has 54 valence electrons. The highest BCUT2D eigenvalue weighted by molar-refractivity contribution is 4.72. The van der Waals surface area contributed by atoms with Crippen molar-refractivity contribution in [2.24, 2.45) is 5.92 Å². The van der Waals surface area contributed by atoms with E-state index in [4.69, 9.17) is 4.74 Å². The standard InChI is InChI=1S/C7H14O2/c1-5-3-7(8)6(2)9-4-5/h5-8H,3-4H2,1-2H3/t5-,6-,7?/m1/s1. The molecule has 1 saturated heterocycles. The Balaban J connectivity index is 2.35. The second kappa shape index (κ2) is 2.67. The zero-order valence-corrected chi connectivity index (χ0v) is 6.00. The summed E-state index contributed by atoms with van der Waals surface area (Å²) in [6, 6.07) is 0. The number of aliphatic hydroxyl groups is 1. The van der Waals surface area contributed by atoms with Crippen molar-refractivity contribution < 1.29 is 9.84 Å². The first kappa shape index (κ1) is 7.03. The van der Waals surface area contributed by atoms with Gasteiger partial charge in [-0.3, -0.25) is 0 Å². The van der Waals surface area contributed by atoms with Crippen LogP contribution in [0.3, 0.4) is 0 Å². The van der Waals surface area contributed by atoms with Crippen LogP contribution in [-0.4, -0.2) is 23.9 Å². The maximum atomic E-state index is 9.22. The SMILES string of the molecule is C[C@H]1CO[C@H](C)C(O)C1. The molecule has 0 spiro atoms. The topological polar surface area (TPSA) is 29.5 Å². The Kier molecular flexibility index (Phi) is 2.09. The summed E-state index contributed by atoms with van der Waals surface area (Å²) in [7, 11) is 0. The predicted molar refractivity (Wildman–Crippen MR) is 35.2 cm³/mol. The molecule has 1 N–H and O–H groups in total. The van der Waals surface area contributed by atoms with E-state index in [0.29, 0.717) is 5.92 Å².